The Labute approximate surface area is 124 Å². The number of rotatable bonds is 4. The lowest BCUT2D eigenvalue weighted by molar-refractivity contribution is -0.125. The first-order valence-electron chi connectivity index (χ1n) is 6.87. The van der Waals surface area contributed by atoms with Crippen molar-refractivity contribution in [3.63, 3.8) is 0 Å². The maximum absolute atomic E-state index is 12.8. The summed E-state index contributed by atoms with van der Waals surface area (Å²) in [5.41, 5.74) is 0.770. The molecule has 0 aromatic heterocycles. The summed E-state index contributed by atoms with van der Waals surface area (Å²) in [6.45, 7) is 0.640. The highest BCUT2D eigenvalue weighted by Gasteiger charge is 2.34. The lowest BCUT2D eigenvalue weighted by Gasteiger charge is -2.32. The van der Waals surface area contributed by atoms with E-state index in [2.05, 4.69) is 5.32 Å². The Bertz CT molecular complexity index is 601. The molecule has 0 saturated carbocycles. The minimum Gasteiger partial charge on any atom is -0.351 e. The lowest BCUT2D eigenvalue weighted by atomic mass is 10.0. The SMILES string of the molecule is CS(=O)(=O)N1CCCCC1C(=O)NCc1ccc(F)cc1. The molecule has 1 unspecified atom stereocenters. The molecule has 5 nitrogen and oxygen atoms in total. The van der Waals surface area contributed by atoms with Gasteiger partial charge in [-0.25, -0.2) is 12.8 Å². The number of nitrogens with zero attached hydrogens (tertiary/aromatic N) is 1. The van der Waals surface area contributed by atoms with E-state index < -0.39 is 16.1 Å². The monoisotopic (exact) mass is 314 g/mol. The van der Waals surface area contributed by atoms with E-state index >= 15 is 0 Å². The molecular formula is C14H19FN2O3S. The van der Waals surface area contributed by atoms with E-state index in [9.17, 15) is 17.6 Å². The van der Waals surface area contributed by atoms with Crippen molar-refractivity contribution in [1.82, 2.24) is 9.62 Å². The molecule has 2 rings (SSSR count). The van der Waals surface area contributed by atoms with Gasteiger partial charge in [-0.05, 0) is 30.5 Å². The summed E-state index contributed by atoms with van der Waals surface area (Å²) in [6, 6.07) is 5.18. The van der Waals surface area contributed by atoms with Crippen molar-refractivity contribution in [1.29, 1.82) is 0 Å². The summed E-state index contributed by atoms with van der Waals surface area (Å²) in [6.07, 6.45) is 3.26. The molecular weight excluding hydrogens is 295 g/mol. The average molecular weight is 314 g/mol. The first-order valence-corrected chi connectivity index (χ1v) is 8.72. The molecule has 0 aliphatic carbocycles. The molecule has 0 radical (unpaired) electrons. The van der Waals surface area contributed by atoms with Gasteiger partial charge in [0.1, 0.15) is 11.9 Å². The van der Waals surface area contributed by atoms with Gasteiger partial charge in [0.05, 0.1) is 6.26 Å². The van der Waals surface area contributed by atoms with Gasteiger partial charge in [0, 0.05) is 13.1 Å². The standard InChI is InChI=1S/C14H19FN2O3S/c1-21(19,20)17-9-3-2-4-13(17)14(18)16-10-11-5-7-12(15)8-6-11/h5-8,13H,2-4,9-10H2,1H3,(H,16,18). The van der Waals surface area contributed by atoms with Crippen LogP contribution in [-0.4, -0.2) is 37.5 Å². The fraction of sp³-hybridized carbons (Fsp3) is 0.500. The van der Waals surface area contributed by atoms with E-state index in [0.29, 0.717) is 13.0 Å². The highest BCUT2D eigenvalue weighted by atomic mass is 32.2. The molecule has 7 heteroatoms. The molecule has 116 valence electrons. The highest BCUT2D eigenvalue weighted by Crippen LogP contribution is 2.20. The number of halogens is 1. The third kappa shape index (κ3) is 4.25. The smallest absolute Gasteiger partial charge is 0.238 e. The first kappa shape index (κ1) is 15.9. The van der Waals surface area contributed by atoms with Crippen LogP contribution in [0, 0.1) is 5.82 Å². The van der Waals surface area contributed by atoms with Crippen molar-refractivity contribution >= 4 is 15.9 Å². The quantitative estimate of drug-likeness (QED) is 0.910. The van der Waals surface area contributed by atoms with Crippen LogP contribution in [0.2, 0.25) is 0 Å². The summed E-state index contributed by atoms with van der Waals surface area (Å²) >= 11 is 0. The van der Waals surface area contributed by atoms with Crippen molar-refractivity contribution in [2.24, 2.45) is 0 Å². The third-order valence-electron chi connectivity index (χ3n) is 3.56. The number of carbonyl (C=O) groups is 1. The van der Waals surface area contributed by atoms with Gasteiger partial charge in [0.2, 0.25) is 15.9 Å². The summed E-state index contributed by atoms with van der Waals surface area (Å²) in [4.78, 5) is 12.2. The molecule has 1 aromatic rings. The molecule has 1 heterocycles. The van der Waals surface area contributed by atoms with Gasteiger partial charge in [0.25, 0.3) is 0 Å². The van der Waals surface area contributed by atoms with E-state index in [4.69, 9.17) is 0 Å². The normalized spacial score (nSPS) is 20.2. The van der Waals surface area contributed by atoms with Crippen molar-refractivity contribution in [2.75, 3.05) is 12.8 Å². The zero-order valence-electron chi connectivity index (χ0n) is 11.9. The van der Waals surface area contributed by atoms with Gasteiger partial charge in [-0.15, -0.1) is 0 Å². The van der Waals surface area contributed by atoms with Gasteiger partial charge in [-0.3, -0.25) is 4.79 Å². The predicted molar refractivity (Wildman–Crippen MR) is 77.4 cm³/mol. The van der Waals surface area contributed by atoms with Crippen LogP contribution < -0.4 is 5.32 Å². The minimum atomic E-state index is -3.39. The molecule has 1 N–H and O–H groups in total. The second-order valence-electron chi connectivity index (χ2n) is 5.23. The summed E-state index contributed by atoms with van der Waals surface area (Å²) in [5, 5.41) is 2.72. The van der Waals surface area contributed by atoms with Gasteiger partial charge in [0.15, 0.2) is 0 Å². The molecule has 1 aromatic carbocycles. The summed E-state index contributed by atoms with van der Waals surface area (Å²) < 4.78 is 37.5. The molecule has 1 amide bonds. The van der Waals surface area contributed by atoms with E-state index in [-0.39, 0.29) is 18.3 Å². The molecule has 21 heavy (non-hydrogen) atoms. The van der Waals surface area contributed by atoms with Crippen LogP contribution in [0.1, 0.15) is 24.8 Å². The Morgan fingerprint density at radius 2 is 2.00 bits per heavy atom. The minimum absolute atomic E-state index is 0.257. The first-order chi connectivity index (χ1) is 9.88. The Morgan fingerprint density at radius 3 is 2.62 bits per heavy atom. The maximum atomic E-state index is 12.8. The van der Waals surface area contributed by atoms with E-state index in [1.165, 1.54) is 16.4 Å². The number of nitrogens with one attached hydrogen (secondary N) is 1. The molecule has 1 saturated heterocycles. The number of carbonyl (C=O) groups excluding carboxylic acids is 1. The van der Waals surface area contributed by atoms with Gasteiger partial charge in [-0.2, -0.15) is 4.31 Å². The number of benzene rings is 1. The van der Waals surface area contributed by atoms with Crippen LogP contribution in [0.15, 0.2) is 24.3 Å². The van der Waals surface area contributed by atoms with Crippen molar-refractivity contribution < 1.29 is 17.6 Å². The van der Waals surface area contributed by atoms with Crippen LogP contribution in [-0.2, 0) is 21.4 Å². The summed E-state index contributed by atoms with van der Waals surface area (Å²) in [5.74, 6) is -0.634. The number of hydrogen-bond acceptors (Lipinski definition) is 3. The number of piperidine rings is 1. The number of amides is 1. The van der Waals surface area contributed by atoms with Gasteiger partial charge in [-0.1, -0.05) is 18.6 Å². The maximum Gasteiger partial charge on any atom is 0.238 e. The van der Waals surface area contributed by atoms with E-state index in [1.54, 1.807) is 12.1 Å². The fourth-order valence-electron chi connectivity index (χ4n) is 2.47. The zero-order chi connectivity index (χ0) is 15.5. The molecule has 1 aliphatic rings. The second-order valence-corrected chi connectivity index (χ2v) is 7.16. The second kappa shape index (κ2) is 6.53. The predicted octanol–water partition coefficient (Wildman–Crippen LogP) is 1.26. The largest absolute Gasteiger partial charge is 0.351 e. The molecule has 0 bridgehead atoms. The van der Waals surface area contributed by atoms with Crippen LogP contribution in [0.4, 0.5) is 4.39 Å². The van der Waals surface area contributed by atoms with Crippen molar-refractivity contribution in [3.8, 4) is 0 Å². The Balaban J connectivity index is 1.99. The van der Waals surface area contributed by atoms with Crippen molar-refractivity contribution in [3.05, 3.63) is 35.6 Å². The Morgan fingerprint density at radius 1 is 1.33 bits per heavy atom. The van der Waals surface area contributed by atoms with Gasteiger partial charge >= 0.3 is 0 Å². The van der Waals surface area contributed by atoms with Crippen LogP contribution >= 0.6 is 0 Å². The van der Waals surface area contributed by atoms with Crippen LogP contribution in [0.3, 0.4) is 0 Å². The van der Waals surface area contributed by atoms with Crippen LogP contribution in [0.25, 0.3) is 0 Å². The van der Waals surface area contributed by atoms with E-state index in [0.717, 1.165) is 24.7 Å². The molecule has 1 aliphatic heterocycles. The fourth-order valence-corrected chi connectivity index (χ4v) is 3.60. The molecule has 1 atom stereocenters. The van der Waals surface area contributed by atoms with Gasteiger partial charge < -0.3 is 5.32 Å². The van der Waals surface area contributed by atoms with Crippen molar-refractivity contribution in [2.45, 2.75) is 31.8 Å². The summed E-state index contributed by atoms with van der Waals surface area (Å²) in [7, 11) is -3.39. The Kier molecular flexibility index (Phi) is 4.95. The van der Waals surface area contributed by atoms with E-state index in [1.807, 2.05) is 0 Å². The highest BCUT2D eigenvalue weighted by molar-refractivity contribution is 7.88. The zero-order valence-corrected chi connectivity index (χ0v) is 12.7. The third-order valence-corrected chi connectivity index (χ3v) is 4.85. The molecule has 0 spiro atoms. The lowest BCUT2D eigenvalue weighted by Crippen LogP contribution is -2.51. The Hall–Kier alpha value is -1.47. The number of hydrogen-bond donors (Lipinski definition) is 1. The molecule has 1 fully saturated rings. The number of sulfonamides is 1. The topological polar surface area (TPSA) is 66.5 Å². The average Bonchev–Trinajstić information content (AvgIpc) is 2.45. The van der Waals surface area contributed by atoms with Crippen LogP contribution in [0.5, 0.6) is 0 Å².